The molecule has 2 heterocycles. The van der Waals surface area contributed by atoms with E-state index in [1.807, 2.05) is 44.1 Å². The fourth-order valence-electron chi connectivity index (χ4n) is 3.99. The number of hydrogen-bond donors (Lipinski definition) is 1. The van der Waals surface area contributed by atoms with E-state index in [1.165, 1.54) is 0 Å². The third kappa shape index (κ3) is 3.89. The molecule has 1 saturated heterocycles. The van der Waals surface area contributed by atoms with Gasteiger partial charge in [-0.05, 0) is 39.9 Å². The maximum atomic E-state index is 13.1. The van der Waals surface area contributed by atoms with Crippen LogP contribution in [0.1, 0.15) is 31.4 Å². The Morgan fingerprint density at radius 2 is 1.93 bits per heavy atom. The van der Waals surface area contributed by atoms with Gasteiger partial charge in [0.05, 0.1) is 22.6 Å². The monoisotopic (exact) mass is 372 g/mol. The lowest BCUT2D eigenvalue weighted by Gasteiger charge is -2.42. The highest BCUT2D eigenvalue weighted by Gasteiger charge is 2.37. The summed E-state index contributed by atoms with van der Waals surface area (Å²) in [5.41, 5.74) is 0.180. The molecule has 2 aromatic rings. The molecule has 146 valence electrons. The quantitative estimate of drug-likeness (QED) is 0.862. The van der Waals surface area contributed by atoms with Crippen LogP contribution in [0.15, 0.2) is 29.1 Å². The molecule has 7 heteroatoms. The van der Waals surface area contributed by atoms with Crippen LogP contribution in [-0.2, 0) is 9.53 Å². The summed E-state index contributed by atoms with van der Waals surface area (Å²) in [7, 11) is 5.82. The lowest BCUT2D eigenvalue weighted by molar-refractivity contribution is -0.138. The number of carbonyl (C=O) groups is 1. The number of piperidine rings is 1. The highest BCUT2D eigenvalue weighted by atomic mass is 16.5. The molecule has 7 nitrogen and oxygen atoms in total. The average molecular weight is 372 g/mol. The zero-order chi connectivity index (χ0) is 19.6. The highest BCUT2D eigenvalue weighted by Crippen LogP contribution is 2.29. The van der Waals surface area contributed by atoms with Gasteiger partial charge in [0.15, 0.2) is 0 Å². The van der Waals surface area contributed by atoms with Crippen LogP contribution in [0.2, 0.25) is 0 Å². The van der Waals surface area contributed by atoms with Crippen LogP contribution in [0.25, 0.3) is 10.8 Å². The van der Waals surface area contributed by atoms with Gasteiger partial charge in [-0.2, -0.15) is 5.10 Å². The highest BCUT2D eigenvalue weighted by molar-refractivity contribution is 5.91. The van der Waals surface area contributed by atoms with Crippen molar-refractivity contribution in [1.82, 2.24) is 20.0 Å². The first kappa shape index (κ1) is 19.5. The Morgan fingerprint density at radius 3 is 2.52 bits per heavy atom. The van der Waals surface area contributed by atoms with Crippen LogP contribution < -0.4 is 5.56 Å². The fraction of sp³-hybridized carbons (Fsp3) is 0.550. The number of fused-ring (bicyclic) bond motifs is 1. The molecule has 1 unspecified atom stereocenters. The molecule has 0 bridgehead atoms. The standard InChI is InChI=1S/C20H28N4O3/c1-14(17-15-7-5-6-8-16(15)18(25)22-21-17)19(26)24-11-9-20(27-4,10-12-24)13-23(2)3/h5-8,14H,9-13H2,1-4H3,(H,22,25). The van der Waals surface area contributed by atoms with Gasteiger partial charge in [0, 0.05) is 32.1 Å². The summed E-state index contributed by atoms with van der Waals surface area (Å²) in [5, 5.41) is 8.01. The number of likely N-dealkylation sites (N-methyl/N-ethyl adjacent to an activating group) is 1. The second-order valence-electron chi connectivity index (χ2n) is 7.66. The summed E-state index contributed by atoms with van der Waals surface area (Å²) in [6.07, 6.45) is 1.61. The van der Waals surface area contributed by atoms with E-state index in [0.29, 0.717) is 24.2 Å². The average Bonchev–Trinajstić information content (AvgIpc) is 2.67. The molecular weight excluding hydrogens is 344 g/mol. The van der Waals surface area contributed by atoms with Crippen LogP contribution in [0, 0.1) is 0 Å². The van der Waals surface area contributed by atoms with Crippen LogP contribution >= 0.6 is 0 Å². The van der Waals surface area contributed by atoms with Crippen molar-refractivity contribution in [3.8, 4) is 0 Å². The second kappa shape index (κ2) is 7.78. The first-order valence-corrected chi connectivity index (χ1v) is 9.33. The van der Waals surface area contributed by atoms with Crippen molar-refractivity contribution in [2.24, 2.45) is 0 Å². The van der Waals surface area contributed by atoms with Crippen molar-refractivity contribution >= 4 is 16.7 Å². The number of nitrogens with one attached hydrogen (secondary N) is 1. The molecule has 1 atom stereocenters. The van der Waals surface area contributed by atoms with Crippen molar-refractivity contribution < 1.29 is 9.53 Å². The molecule has 1 aliphatic heterocycles. The third-order valence-electron chi connectivity index (χ3n) is 5.53. The zero-order valence-electron chi connectivity index (χ0n) is 16.5. The number of aromatic amines is 1. The van der Waals surface area contributed by atoms with Crippen molar-refractivity contribution in [1.29, 1.82) is 0 Å². The minimum absolute atomic E-state index is 0.0364. The molecule has 0 saturated carbocycles. The fourth-order valence-corrected chi connectivity index (χ4v) is 3.99. The van der Waals surface area contributed by atoms with Crippen molar-refractivity contribution in [2.45, 2.75) is 31.3 Å². The minimum atomic E-state index is -0.421. The van der Waals surface area contributed by atoms with Crippen molar-refractivity contribution in [3.63, 3.8) is 0 Å². The molecule has 0 radical (unpaired) electrons. The van der Waals surface area contributed by atoms with Crippen LogP contribution in [-0.4, -0.2) is 72.3 Å². The number of rotatable bonds is 5. The number of amides is 1. The van der Waals surface area contributed by atoms with Gasteiger partial charge in [-0.25, -0.2) is 5.10 Å². The third-order valence-corrected chi connectivity index (χ3v) is 5.53. The molecule has 1 aromatic carbocycles. The van der Waals surface area contributed by atoms with Gasteiger partial charge in [-0.3, -0.25) is 9.59 Å². The number of ether oxygens (including phenoxy) is 1. The first-order chi connectivity index (χ1) is 12.9. The predicted molar refractivity (Wildman–Crippen MR) is 105 cm³/mol. The summed E-state index contributed by atoms with van der Waals surface area (Å²) in [6, 6.07) is 7.28. The van der Waals surface area contributed by atoms with E-state index in [0.717, 1.165) is 24.8 Å². The van der Waals surface area contributed by atoms with Crippen LogP contribution in [0.5, 0.6) is 0 Å². The van der Waals surface area contributed by atoms with E-state index in [1.54, 1.807) is 13.2 Å². The Labute approximate surface area is 159 Å². The number of likely N-dealkylation sites (tertiary alicyclic amines) is 1. The number of benzene rings is 1. The Bertz CT molecular complexity index is 869. The SMILES string of the molecule is COC1(CN(C)C)CCN(C(=O)C(C)c2n[nH]c(=O)c3ccccc23)CC1. The Morgan fingerprint density at radius 1 is 1.30 bits per heavy atom. The van der Waals surface area contributed by atoms with Gasteiger partial charge in [-0.1, -0.05) is 18.2 Å². The van der Waals surface area contributed by atoms with Gasteiger partial charge >= 0.3 is 0 Å². The normalized spacial score (nSPS) is 18.0. The van der Waals surface area contributed by atoms with E-state index >= 15 is 0 Å². The van der Waals surface area contributed by atoms with Gasteiger partial charge in [-0.15, -0.1) is 0 Å². The largest absolute Gasteiger partial charge is 0.377 e. The molecule has 0 spiro atoms. The summed E-state index contributed by atoms with van der Waals surface area (Å²) in [5.74, 6) is -0.384. The topological polar surface area (TPSA) is 78.5 Å². The van der Waals surface area contributed by atoms with Gasteiger partial charge < -0.3 is 14.5 Å². The molecule has 27 heavy (non-hydrogen) atoms. The Hall–Kier alpha value is -2.25. The van der Waals surface area contributed by atoms with E-state index in [2.05, 4.69) is 15.1 Å². The number of hydrogen-bond acceptors (Lipinski definition) is 5. The molecule has 1 aromatic heterocycles. The summed E-state index contributed by atoms with van der Waals surface area (Å²) in [6.45, 7) is 4.01. The van der Waals surface area contributed by atoms with Crippen molar-refractivity contribution in [3.05, 3.63) is 40.3 Å². The van der Waals surface area contributed by atoms with E-state index in [9.17, 15) is 9.59 Å². The van der Waals surface area contributed by atoms with E-state index in [-0.39, 0.29) is 17.1 Å². The maximum absolute atomic E-state index is 13.1. The number of carbonyl (C=O) groups excluding carboxylic acids is 1. The molecule has 3 rings (SSSR count). The van der Waals surface area contributed by atoms with E-state index in [4.69, 9.17) is 4.74 Å². The Kier molecular flexibility index (Phi) is 5.62. The molecule has 1 aliphatic rings. The summed E-state index contributed by atoms with van der Waals surface area (Å²) >= 11 is 0. The lowest BCUT2D eigenvalue weighted by atomic mass is 9.89. The summed E-state index contributed by atoms with van der Waals surface area (Å²) < 4.78 is 5.80. The summed E-state index contributed by atoms with van der Waals surface area (Å²) in [4.78, 5) is 29.1. The molecule has 0 aliphatic carbocycles. The maximum Gasteiger partial charge on any atom is 0.272 e. The molecule has 1 amide bonds. The van der Waals surface area contributed by atoms with Gasteiger partial charge in [0.25, 0.3) is 5.56 Å². The van der Waals surface area contributed by atoms with Crippen LogP contribution in [0.3, 0.4) is 0 Å². The smallest absolute Gasteiger partial charge is 0.272 e. The van der Waals surface area contributed by atoms with Crippen LogP contribution in [0.4, 0.5) is 0 Å². The number of nitrogens with zero attached hydrogens (tertiary/aromatic N) is 3. The predicted octanol–water partition coefficient (Wildman–Crippen LogP) is 1.60. The molecule has 1 fully saturated rings. The minimum Gasteiger partial charge on any atom is -0.377 e. The number of aromatic nitrogens is 2. The first-order valence-electron chi connectivity index (χ1n) is 9.33. The van der Waals surface area contributed by atoms with E-state index < -0.39 is 5.92 Å². The van der Waals surface area contributed by atoms with Gasteiger partial charge in [0.1, 0.15) is 0 Å². The molecule has 1 N–H and O–H groups in total. The second-order valence-corrected chi connectivity index (χ2v) is 7.66. The Balaban J connectivity index is 1.78. The number of H-pyrrole nitrogens is 1. The van der Waals surface area contributed by atoms with Gasteiger partial charge in [0.2, 0.25) is 5.91 Å². The zero-order valence-corrected chi connectivity index (χ0v) is 16.5. The van der Waals surface area contributed by atoms with Crippen molar-refractivity contribution in [2.75, 3.05) is 40.8 Å². The molecular formula is C20H28N4O3. The number of methoxy groups -OCH3 is 1. The lowest BCUT2D eigenvalue weighted by Crippen LogP contribution is -2.52.